The maximum Gasteiger partial charge on any atom is 0.310 e. The molecule has 2 aromatic carbocycles. The van der Waals surface area contributed by atoms with Crippen molar-refractivity contribution in [3.05, 3.63) is 76.2 Å². The van der Waals surface area contributed by atoms with Crippen LogP contribution in [0.25, 0.3) is 0 Å². The molecule has 8 heteroatoms. The van der Waals surface area contributed by atoms with Crippen molar-refractivity contribution < 1.29 is 28.2 Å². The Balaban J connectivity index is 1.25. The van der Waals surface area contributed by atoms with Gasteiger partial charge in [-0.05, 0) is 53.6 Å². The van der Waals surface area contributed by atoms with Gasteiger partial charge in [-0.25, -0.2) is 4.39 Å². The highest BCUT2D eigenvalue weighted by Crippen LogP contribution is 2.48. The van der Waals surface area contributed by atoms with Gasteiger partial charge in [0.15, 0.2) is 18.1 Å². The lowest BCUT2D eigenvalue weighted by atomic mass is 10.1. The van der Waals surface area contributed by atoms with Gasteiger partial charge in [-0.15, -0.1) is 11.3 Å². The number of carbonyl (C=O) groups is 2. The van der Waals surface area contributed by atoms with E-state index in [4.69, 9.17) is 14.2 Å². The van der Waals surface area contributed by atoms with E-state index in [2.05, 4.69) is 0 Å². The van der Waals surface area contributed by atoms with Crippen LogP contribution in [0.5, 0.6) is 11.5 Å². The van der Waals surface area contributed by atoms with E-state index in [0.29, 0.717) is 43.4 Å². The molecule has 2 atom stereocenters. The number of anilines is 1. The molecule has 0 saturated heterocycles. The Bertz CT molecular complexity index is 1150. The van der Waals surface area contributed by atoms with Crippen molar-refractivity contribution in [2.24, 2.45) is 5.92 Å². The van der Waals surface area contributed by atoms with E-state index in [1.165, 1.54) is 12.1 Å². The van der Waals surface area contributed by atoms with Crippen LogP contribution in [0.15, 0.2) is 60.0 Å². The van der Waals surface area contributed by atoms with Crippen LogP contribution < -0.4 is 14.4 Å². The molecule has 0 N–H and O–H groups in total. The van der Waals surface area contributed by atoms with Gasteiger partial charge in [0.2, 0.25) is 0 Å². The first kappa shape index (κ1) is 21.5. The number of esters is 1. The molecule has 2 heterocycles. The Hall–Kier alpha value is -3.39. The lowest BCUT2D eigenvalue weighted by molar-refractivity contribution is -0.149. The molecule has 3 aromatic rings. The molecule has 1 aliphatic heterocycles. The first-order valence-corrected chi connectivity index (χ1v) is 11.6. The molecular weight excluding hydrogens is 445 g/mol. The summed E-state index contributed by atoms with van der Waals surface area (Å²) >= 11 is 1.55. The number of fused-ring (bicyclic) bond motifs is 1. The van der Waals surface area contributed by atoms with Gasteiger partial charge in [0, 0.05) is 16.6 Å². The Morgan fingerprint density at radius 2 is 1.85 bits per heavy atom. The van der Waals surface area contributed by atoms with E-state index in [1.807, 2.05) is 17.5 Å². The van der Waals surface area contributed by atoms with Crippen LogP contribution in [0.4, 0.5) is 10.1 Å². The summed E-state index contributed by atoms with van der Waals surface area (Å²) in [6.45, 7) is 0.935. The highest BCUT2D eigenvalue weighted by Gasteiger charge is 2.45. The number of thiophene rings is 1. The molecular formula is C25H22FNO5S. The van der Waals surface area contributed by atoms with E-state index in [9.17, 15) is 14.0 Å². The second-order valence-corrected chi connectivity index (χ2v) is 9.03. The van der Waals surface area contributed by atoms with Crippen molar-refractivity contribution in [1.82, 2.24) is 0 Å². The van der Waals surface area contributed by atoms with E-state index < -0.39 is 5.97 Å². The predicted octanol–water partition coefficient (Wildman–Crippen LogP) is 4.54. The first-order valence-electron chi connectivity index (χ1n) is 10.7. The quantitative estimate of drug-likeness (QED) is 0.478. The lowest BCUT2D eigenvalue weighted by Gasteiger charge is -2.25. The summed E-state index contributed by atoms with van der Waals surface area (Å²) in [6.07, 6.45) is 0.639. The standard InChI is InChI=1S/C25H22FNO5S/c26-17-5-3-16(4-6-17)20-13-21(20)25(29)32-15-24(28)27(14-19-2-1-11-33-19)18-7-8-22-23(12-18)31-10-9-30-22/h1-8,11-12,20-21H,9-10,13-15H2. The number of halogens is 1. The van der Waals surface area contributed by atoms with Gasteiger partial charge in [-0.2, -0.15) is 0 Å². The van der Waals surface area contributed by atoms with E-state index in [1.54, 1.807) is 46.6 Å². The molecule has 0 bridgehead atoms. The summed E-state index contributed by atoms with van der Waals surface area (Å²) in [5.74, 6) is -0.116. The number of nitrogens with zero attached hydrogens (tertiary/aromatic N) is 1. The van der Waals surface area contributed by atoms with Crippen molar-refractivity contribution in [2.75, 3.05) is 24.7 Å². The SMILES string of the molecule is O=C(OCC(=O)N(Cc1cccs1)c1ccc2c(c1)OCCO2)C1CC1c1ccc(F)cc1. The molecule has 1 aliphatic carbocycles. The molecule has 1 aromatic heterocycles. The largest absolute Gasteiger partial charge is 0.486 e. The third-order valence-electron chi connectivity index (χ3n) is 5.76. The molecule has 1 fully saturated rings. The van der Waals surface area contributed by atoms with Gasteiger partial charge in [0.05, 0.1) is 12.5 Å². The average Bonchev–Trinajstić information content (AvgIpc) is 3.47. The van der Waals surface area contributed by atoms with Gasteiger partial charge in [0.1, 0.15) is 19.0 Å². The Labute approximate surface area is 194 Å². The summed E-state index contributed by atoms with van der Waals surface area (Å²) in [4.78, 5) is 28.2. The molecule has 1 amide bonds. The molecule has 1 saturated carbocycles. The molecule has 0 spiro atoms. The minimum Gasteiger partial charge on any atom is -0.486 e. The highest BCUT2D eigenvalue weighted by atomic mass is 32.1. The fourth-order valence-corrected chi connectivity index (χ4v) is 4.63. The van der Waals surface area contributed by atoms with Gasteiger partial charge >= 0.3 is 5.97 Å². The van der Waals surface area contributed by atoms with Crippen LogP contribution in [0.3, 0.4) is 0 Å². The van der Waals surface area contributed by atoms with E-state index in [0.717, 1.165) is 10.4 Å². The summed E-state index contributed by atoms with van der Waals surface area (Å²) in [6, 6.07) is 15.4. The molecule has 0 radical (unpaired) electrons. The molecule has 6 nitrogen and oxygen atoms in total. The minimum absolute atomic E-state index is 0.00761. The number of benzene rings is 2. The van der Waals surface area contributed by atoms with Crippen molar-refractivity contribution >= 4 is 28.9 Å². The Kier molecular flexibility index (Phi) is 6.00. The average molecular weight is 468 g/mol. The zero-order valence-electron chi connectivity index (χ0n) is 17.7. The van der Waals surface area contributed by atoms with Gasteiger partial charge in [0.25, 0.3) is 5.91 Å². The van der Waals surface area contributed by atoms with Crippen LogP contribution in [-0.2, 0) is 20.9 Å². The van der Waals surface area contributed by atoms with Crippen molar-refractivity contribution in [3.8, 4) is 11.5 Å². The van der Waals surface area contributed by atoms with Crippen LogP contribution >= 0.6 is 11.3 Å². The van der Waals surface area contributed by atoms with Gasteiger partial charge < -0.3 is 19.1 Å². The first-order chi connectivity index (χ1) is 16.1. The van der Waals surface area contributed by atoms with Crippen LogP contribution in [-0.4, -0.2) is 31.7 Å². The maximum atomic E-state index is 13.1. The van der Waals surface area contributed by atoms with Crippen molar-refractivity contribution in [3.63, 3.8) is 0 Å². The number of amides is 1. The number of ether oxygens (including phenoxy) is 3. The summed E-state index contributed by atoms with van der Waals surface area (Å²) < 4.78 is 29.7. The smallest absolute Gasteiger partial charge is 0.310 e. The Morgan fingerprint density at radius 1 is 1.06 bits per heavy atom. The second-order valence-electron chi connectivity index (χ2n) is 8.00. The zero-order valence-corrected chi connectivity index (χ0v) is 18.6. The third-order valence-corrected chi connectivity index (χ3v) is 6.62. The fourth-order valence-electron chi connectivity index (χ4n) is 3.93. The van der Waals surface area contributed by atoms with E-state index >= 15 is 0 Å². The van der Waals surface area contributed by atoms with Crippen molar-refractivity contribution in [1.29, 1.82) is 0 Å². The molecule has 2 aliphatic rings. The third kappa shape index (κ3) is 4.85. The highest BCUT2D eigenvalue weighted by molar-refractivity contribution is 7.09. The number of carbonyl (C=O) groups excluding carboxylic acids is 2. The summed E-state index contributed by atoms with van der Waals surface area (Å²) in [5, 5.41) is 1.95. The maximum absolute atomic E-state index is 13.1. The number of rotatable bonds is 7. The summed E-state index contributed by atoms with van der Waals surface area (Å²) in [7, 11) is 0. The van der Waals surface area contributed by atoms with E-state index in [-0.39, 0.29) is 30.2 Å². The van der Waals surface area contributed by atoms with Crippen molar-refractivity contribution in [2.45, 2.75) is 18.9 Å². The van der Waals surface area contributed by atoms with Crippen LogP contribution in [0.1, 0.15) is 22.8 Å². The topological polar surface area (TPSA) is 65.1 Å². The molecule has 5 rings (SSSR count). The van der Waals surface area contributed by atoms with Crippen LogP contribution in [0, 0.1) is 11.7 Å². The predicted molar refractivity (Wildman–Crippen MR) is 121 cm³/mol. The fraction of sp³-hybridized carbons (Fsp3) is 0.280. The molecule has 170 valence electrons. The van der Waals surface area contributed by atoms with Gasteiger partial charge in [-0.3, -0.25) is 9.59 Å². The zero-order chi connectivity index (χ0) is 22.8. The molecule has 33 heavy (non-hydrogen) atoms. The summed E-state index contributed by atoms with van der Waals surface area (Å²) in [5.41, 5.74) is 1.55. The Morgan fingerprint density at radius 3 is 2.61 bits per heavy atom. The normalized spacial score (nSPS) is 18.5. The number of hydrogen-bond acceptors (Lipinski definition) is 6. The second kappa shape index (κ2) is 9.23. The minimum atomic E-state index is -0.407. The lowest BCUT2D eigenvalue weighted by Crippen LogP contribution is -2.34. The van der Waals surface area contributed by atoms with Crippen LogP contribution in [0.2, 0.25) is 0 Å². The van der Waals surface area contributed by atoms with Gasteiger partial charge in [-0.1, -0.05) is 18.2 Å². The molecule has 2 unspecified atom stereocenters. The monoisotopic (exact) mass is 467 g/mol. The number of hydrogen-bond donors (Lipinski definition) is 0.